The van der Waals surface area contributed by atoms with Crippen LogP contribution in [0.5, 0.6) is 5.88 Å². The molecule has 3 amide bonds. The van der Waals surface area contributed by atoms with Gasteiger partial charge in [-0.2, -0.15) is 0 Å². The Morgan fingerprint density at radius 2 is 1.77 bits per heavy atom. The topological polar surface area (TPSA) is 95.0 Å². The monoisotopic (exact) mass is 548 g/mol. The summed E-state index contributed by atoms with van der Waals surface area (Å²) in [5, 5.41) is 12.6. The zero-order valence-corrected chi connectivity index (χ0v) is 22.4. The molecule has 0 saturated heterocycles. The van der Waals surface area contributed by atoms with Crippen LogP contribution < -0.4 is 10.1 Å². The number of amides is 3. The fraction of sp³-hybridized carbons (Fsp3) is 0.300. The van der Waals surface area contributed by atoms with Gasteiger partial charge in [0.25, 0.3) is 5.91 Å². The molecule has 2 heterocycles. The van der Waals surface area contributed by atoms with Gasteiger partial charge in [0.2, 0.25) is 5.88 Å². The van der Waals surface area contributed by atoms with Crippen molar-refractivity contribution in [3.05, 3.63) is 89.1 Å². The summed E-state index contributed by atoms with van der Waals surface area (Å²) in [5.74, 6) is 4.60. The van der Waals surface area contributed by atoms with Crippen LogP contribution in [-0.4, -0.2) is 70.7 Å². The van der Waals surface area contributed by atoms with Crippen molar-refractivity contribution in [2.75, 3.05) is 32.1 Å². The number of pyridine rings is 1. The van der Waals surface area contributed by atoms with Gasteiger partial charge in [-0.05, 0) is 61.5 Å². The molecule has 1 aliphatic rings. The smallest absolute Gasteiger partial charge is 0.321 e. The average molecular weight is 549 g/mol. The first-order valence-electron chi connectivity index (χ1n) is 12.8. The van der Waals surface area contributed by atoms with Gasteiger partial charge in [0.1, 0.15) is 23.3 Å². The minimum atomic E-state index is -0.548. The Morgan fingerprint density at radius 1 is 1.15 bits per heavy atom. The van der Waals surface area contributed by atoms with Gasteiger partial charge >= 0.3 is 6.03 Å². The Hall–Kier alpha value is -4.49. The molecule has 1 aromatic heterocycles. The Balaban J connectivity index is 1.60. The first-order chi connectivity index (χ1) is 19.1. The van der Waals surface area contributed by atoms with Gasteiger partial charge in [0.05, 0.1) is 19.2 Å². The molecule has 0 radical (unpaired) electrons. The lowest BCUT2D eigenvalue weighted by atomic mass is 10.00. The van der Waals surface area contributed by atoms with E-state index in [0.717, 1.165) is 0 Å². The fourth-order valence-corrected chi connectivity index (χ4v) is 4.17. The highest BCUT2D eigenvalue weighted by atomic mass is 19.1. The number of rotatable bonds is 5. The number of halogens is 2. The van der Waals surface area contributed by atoms with Gasteiger partial charge in [0, 0.05) is 42.5 Å². The lowest BCUT2D eigenvalue weighted by molar-refractivity contribution is 0.0356. The number of nitrogens with one attached hydrogen (secondary N) is 1. The zero-order valence-electron chi connectivity index (χ0n) is 22.4. The van der Waals surface area contributed by atoms with Crippen LogP contribution in [0.15, 0.2) is 60.8 Å². The number of hydrogen-bond donors (Lipinski definition) is 2. The molecule has 2 N–H and O–H groups in total. The summed E-state index contributed by atoms with van der Waals surface area (Å²) in [6.07, 6.45) is 0.935. The molecule has 0 unspecified atom stereocenters. The van der Waals surface area contributed by atoms with Gasteiger partial charge in [0.15, 0.2) is 0 Å². The van der Waals surface area contributed by atoms with Crippen LogP contribution in [-0.2, 0) is 0 Å². The minimum Gasteiger partial charge on any atom is -0.472 e. The van der Waals surface area contributed by atoms with Crippen molar-refractivity contribution >= 4 is 17.6 Å². The van der Waals surface area contributed by atoms with E-state index in [4.69, 9.17) is 4.74 Å². The summed E-state index contributed by atoms with van der Waals surface area (Å²) >= 11 is 0. The molecule has 0 spiro atoms. The molecule has 0 fully saturated rings. The average Bonchev–Trinajstić information content (AvgIpc) is 2.95. The Bertz CT molecular complexity index is 1420. The van der Waals surface area contributed by atoms with Crippen molar-refractivity contribution in [1.82, 2.24) is 14.8 Å². The van der Waals surface area contributed by atoms with Crippen LogP contribution in [0.25, 0.3) is 0 Å². The molecule has 4 rings (SSSR count). The minimum absolute atomic E-state index is 0.0939. The number of ether oxygens (including phenoxy) is 1. The van der Waals surface area contributed by atoms with Gasteiger partial charge in [-0.25, -0.2) is 18.6 Å². The van der Waals surface area contributed by atoms with Crippen molar-refractivity contribution in [2.24, 2.45) is 5.92 Å². The number of fused-ring (bicyclic) bond motifs is 1. The molecule has 0 aliphatic carbocycles. The first kappa shape index (κ1) is 28.5. The molecule has 0 saturated carbocycles. The van der Waals surface area contributed by atoms with E-state index in [1.54, 1.807) is 37.1 Å². The maximum absolute atomic E-state index is 13.6. The predicted molar refractivity (Wildman–Crippen MR) is 146 cm³/mol. The third kappa shape index (κ3) is 6.93. The van der Waals surface area contributed by atoms with Crippen molar-refractivity contribution in [1.29, 1.82) is 0 Å². The third-order valence-electron chi connectivity index (χ3n) is 6.61. The largest absolute Gasteiger partial charge is 0.472 e. The second-order valence-electron chi connectivity index (χ2n) is 9.77. The molecule has 0 bridgehead atoms. The van der Waals surface area contributed by atoms with Crippen molar-refractivity contribution in [2.45, 2.75) is 26.0 Å². The second-order valence-corrected chi connectivity index (χ2v) is 9.77. The summed E-state index contributed by atoms with van der Waals surface area (Å²) < 4.78 is 32.6. The lowest BCUT2D eigenvalue weighted by Crippen LogP contribution is -2.50. The van der Waals surface area contributed by atoms with Crippen LogP contribution in [0.1, 0.15) is 35.3 Å². The second kappa shape index (κ2) is 12.6. The number of likely N-dealkylation sites (N-methyl/N-ethyl adjacent to an activating group) is 1. The van der Waals surface area contributed by atoms with Gasteiger partial charge < -0.3 is 25.0 Å². The lowest BCUT2D eigenvalue weighted by Gasteiger charge is -2.37. The molecule has 3 aromatic rings. The summed E-state index contributed by atoms with van der Waals surface area (Å²) in [4.78, 5) is 33.8. The van der Waals surface area contributed by atoms with Crippen LogP contribution in [0.3, 0.4) is 0 Å². The van der Waals surface area contributed by atoms with Gasteiger partial charge in [-0.3, -0.25) is 4.79 Å². The molecular formula is C30H30F2N4O4. The zero-order chi connectivity index (χ0) is 28.8. The SMILES string of the molecule is C[C@@H]1CN([C@H](C)CO)C(=O)c2cc(C#Cc3ccc(F)cc3)cnc2O[C@H]1CN(C)C(=O)Nc1ccc(F)cc1. The normalized spacial score (nSPS) is 17.4. The number of aliphatic hydroxyl groups is 1. The van der Waals surface area contributed by atoms with Crippen LogP contribution >= 0.6 is 0 Å². The standard InChI is InChI=1S/C30H30F2N4O4/c1-19-16-36(20(2)18-37)29(38)26-14-22(5-4-21-6-8-23(31)9-7-21)15-33-28(26)40-27(19)17-35(3)30(39)34-25-12-10-24(32)11-13-25/h6-15,19-20,27,37H,16-18H2,1-3H3,(H,34,39)/t19-,20-,27+/m1/s1. The van der Waals surface area contributed by atoms with E-state index in [1.807, 2.05) is 6.92 Å². The predicted octanol–water partition coefficient (Wildman–Crippen LogP) is 4.14. The fourth-order valence-electron chi connectivity index (χ4n) is 4.17. The highest BCUT2D eigenvalue weighted by Crippen LogP contribution is 2.27. The number of carbonyl (C=O) groups is 2. The van der Waals surface area contributed by atoms with E-state index in [-0.39, 0.29) is 48.8 Å². The first-order valence-corrected chi connectivity index (χ1v) is 12.8. The number of nitrogens with zero attached hydrogens (tertiary/aromatic N) is 3. The highest BCUT2D eigenvalue weighted by molar-refractivity contribution is 5.97. The van der Waals surface area contributed by atoms with E-state index in [2.05, 4.69) is 22.1 Å². The third-order valence-corrected chi connectivity index (χ3v) is 6.61. The maximum Gasteiger partial charge on any atom is 0.321 e. The number of aliphatic hydroxyl groups excluding tert-OH is 1. The van der Waals surface area contributed by atoms with E-state index < -0.39 is 24.0 Å². The van der Waals surface area contributed by atoms with Crippen LogP contribution in [0.2, 0.25) is 0 Å². The van der Waals surface area contributed by atoms with Crippen molar-refractivity contribution in [3.63, 3.8) is 0 Å². The van der Waals surface area contributed by atoms with E-state index in [9.17, 15) is 23.5 Å². The summed E-state index contributed by atoms with van der Waals surface area (Å²) in [7, 11) is 1.61. The number of anilines is 1. The number of benzene rings is 2. The number of aromatic nitrogens is 1. The molecule has 208 valence electrons. The van der Waals surface area contributed by atoms with Gasteiger partial charge in [-0.1, -0.05) is 18.8 Å². The number of urea groups is 1. The number of carbonyl (C=O) groups excluding carboxylic acids is 2. The summed E-state index contributed by atoms with van der Waals surface area (Å²) in [5.41, 5.74) is 1.68. The maximum atomic E-state index is 13.6. The molecular weight excluding hydrogens is 518 g/mol. The molecule has 1 aliphatic heterocycles. The molecule has 8 nitrogen and oxygen atoms in total. The summed E-state index contributed by atoms with van der Waals surface area (Å²) in [6, 6.07) is 11.9. The van der Waals surface area contributed by atoms with Gasteiger partial charge in [-0.15, -0.1) is 0 Å². The molecule has 2 aromatic carbocycles. The van der Waals surface area contributed by atoms with Crippen LogP contribution in [0.4, 0.5) is 19.3 Å². The van der Waals surface area contributed by atoms with E-state index in [1.165, 1.54) is 47.5 Å². The van der Waals surface area contributed by atoms with Crippen molar-refractivity contribution < 1.29 is 28.2 Å². The Labute approximate surface area is 231 Å². The molecule has 40 heavy (non-hydrogen) atoms. The highest BCUT2D eigenvalue weighted by Gasteiger charge is 2.34. The van der Waals surface area contributed by atoms with Crippen molar-refractivity contribution in [3.8, 4) is 17.7 Å². The quantitative estimate of drug-likeness (QED) is 0.468. The van der Waals surface area contributed by atoms with Crippen LogP contribution in [0, 0.1) is 29.4 Å². The molecule has 3 atom stereocenters. The summed E-state index contributed by atoms with van der Waals surface area (Å²) in [6.45, 7) is 3.83. The number of hydrogen-bond acceptors (Lipinski definition) is 5. The van der Waals surface area contributed by atoms with E-state index in [0.29, 0.717) is 16.8 Å². The van der Waals surface area contributed by atoms with E-state index >= 15 is 0 Å². The Morgan fingerprint density at radius 3 is 2.42 bits per heavy atom. The Kier molecular flexibility index (Phi) is 8.97. The molecule has 10 heteroatoms.